The van der Waals surface area contributed by atoms with Crippen molar-refractivity contribution in [2.24, 2.45) is 5.92 Å². The minimum atomic E-state index is -0.461. The van der Waals surface area contributed by atoms with Gasteiger partial charge in [0.2, 0.25) is 17.7 Å². The fourth-order valence-electron chi connectivity index (χ4n) is 3.33. The van der Waals surface area contributed by atoms with E-state index in [2.05, 4.69) is 26.6 Å². The number of carbonyl (C=O) groups is 3. The summed E-state index contributed by atoms with van der Waals surface area (Å²) in [6.07, 6.45) is 0.284. The molecule has 1 saturated heterocycles. The molecule has 2 aromatic carbocycles. The summed E-state index contributed by atoms with van der Waals surface area (Å²) in [5, 5.41) is 5.54. The largest absolute Gasteiger partial charge is 0.495 e. The molecule has 30 heavy (non-hydrogen) atoms. The van der Waals surface area contributed by atoms with Gasteiger partial charge in [-0.2, -0.15) is 0 Å². The highest BCUT2D eigenvalue weighted by Crippen LogP contribution is 2.33. The lowest BCUT2D eigenvalue weighted by Crippen LogP contribution is -2.34. The molecular weight excluding hydrogens is 450 g/mol. The number of nitrogens with zero attached hydrogens (tertiary/aromatic N) is 1. The van der Waals surface area contributed by atoms with E-state index < -0.39 is 5.92 Å². The molecule has 0 aromatic heterocycles. The molecule has 2 N–H and O–H groups in total. The van der Waals surface area contributed by atoms with Crippen LogP contribution in [0.1, 0.15) is 18.4 Å². The predicted octanol–water partition coefficient (Wildman–Crippen LogP) is 3.26. The second kappa shape index (κ2) is 9.75. The number of methoxy groups -OCH3 is 1. The van der Waals surface area contributed by atoms with Crippen LogP contribution < -0.4 is 20.3 Å². The highest BCUT2D eigenvalue weighted by Gasteiger charge is 2.36. The van der Waals surface area contributed by atoms with E-state index >= 15 is 0 Å². The van der Waals surface area contributed by atoms with E-state index in [-0.39, 0.29) is 43.7 Å². The molecule has 1 heterocycles. The third-order valence-electron chi connectivity index (χ3n) is 4.90. The summed E-state index contributed by atoms with van der Waals surface area (Å²) in [6.45, 7) is 2.43. The number of benzene rings is 2. The minimum absolute atomic E-state index is 0.118. The molecule has 7 nitrogen and oxygen atoms in total. The van der Waals surface area contributed by atoms with Gasteiger partial charge in [-0.15, -0.1) is 0 Å². The van der Waals surface area contributed by atoms with E-state index in [4.69, 9.17) is 4.74 Å². The summed E-state index contributed by atoms with van der Waals surface area (Å²) in [5.74, 6) is -0.399. The van der Waals surface area contributed by atoms with Crippen molar-refractivity contribution in [2.75, 3.05) is 30.4 Å². The van der Waals surface area contributed by atoms with Crippen LogP contribution in [0.4, 0.5) is 11.4 Å². The molecule has 0 bridgehead atoms. The van der Waals surface area contributed by atoms with Crippen molar-refractivity contribution >= 4 is 45.0 Å². The molecule has 0 radical (unpaired) electrons. The summed E-state index contributed by atoms with van der Waals surface area (Å²) in [4.78, 5) is 38.6. The van der Waals surface area contributed by atoms with Gasteiger partial charge in [0, 0.05) is 36.1 Å². The van der Waals surface area contributed by atoms with Gasteiger partial charge < -0.3 is 20.3 Å². The Kier molecular flexibility index (Phi) is 7.10. The first-order valence-corrected chi connectivity index (χ1v) is 10.4. The van der Waals surface area contributed by atoms with Crippen molar-refractivity contribution in [2.45, 2.75) is 19.8 Å². The zero-order valence-corrected chi connectivity index (χ0v) is 18.5. The van der Waals surface area contributed by atoms with Crippen molar-refractivity contribution in [3.8, 4) is 5.75 Å². The smallest absolute Gasteiger partial charge is 0.227 e. The molecule has 1 atom stereocenters. The van der Waals surface area contributed by atoms with Gasteiger partial charge in [-0.1, -0.05) is 22.0 Å². The van der Waals surface area contributed by atoms with Crippen LogP contribution in [0.5, 0.6) is 5.75 Å². The number of amides is 3. The second-order valence-electron chi connectivity index (χ2n) is 7.18. The van der Waals surface area contributed by atoms with E-state index in [9.17, 15) is 14.4 Å². The molecule has 1 unspecified atom stereocenters. The van der Waals surface area contributed by atoms with Crippen LogP contribution in [0.15, 0.2) is 46.9 Å². The van der Waals surface area contributed by atoms with E-state index in [1.807, 2.05) is 37.3 Å². The number of ether oxygens (including phenoxy) is 1. The Morgan fingerprint density at radius 3 is 2.63 bits per heavy atom. The van der Waals surface area contributed by atoms with Gasteiger partial charge in [-0.25, -0.2) is 0 Å². The minimum Gasteiger partial charge on any atom is -0.495 e. The van der Waals surface area contributed by atoms with Gasteiger partial charge in [0.25, 0.3) is 0 Å². The Balaban J connectivity index is 1.50. The maximum absolute atomic E-state index is 12.5. The van der Waals surface area contributed by atoms with Crippen molar-refractivity contribution in [1.82, 2.24) is 5.32 Å². The molecule has 0 spiro atoms. The van der Waals surface area contributed by atoms with Crippen molar-refractivity contribution in [3.63, 3.8) is 0 Å². The summed E-state index contributed by atoms with van der Waals surface area (Å²) >= 11 is 3.34. The van der Waals surface area contributed by atoms with Crippen LogP contribution in [-0.4, -0.2) is 37.9 Å². The molecule has 3 amide bonds. The summed E-state index contributed by atoms with van der Waals surface area (Å²) in [5.41, 5.74) is 2.37. The van der Waals surface area contributed by atoms with Crippen molar-refractivity contribution < 1.29 is 19.1 Å². The molecule has 2 aromatic rings. The van der Waals surface area contributed by atoms with E-state index in [0.29, 0.717) is 17.1 Å². The lowest BCUT2D eigenvalue weighted by atomic mass is 10.1. The molecule has 8 heteroatoms. The number of nitrogens with one attached hydrogen (secondary N) is 2. The molecule has 3 rings (SSSR count). The number of aryl methyl sites for hydroxylation is 1. The fraction of sp³-hybridized carbons (Fsp3) is 0.318. The summed E-state index contributed by atoms with van der Waals surface area (Å²) < 4.78 is 6.29. The first-order chi connectivity index (χ1) is 14.4. The van der Waals surface area contributed by atoms with Crippen LogP contribution in [0.2, 0.25) is 0 Å². The third kappa shape index (κ3) is 5.38. The monoisotopic (exact) mass is 473 g/mol. The summed E-state index contributed by atoms with van der Waals surface area (Å²) in [6, 6.07) is 12.9. The number of carbonyl (C=O) groups excluding carboxylic acids is 3. The topological polar surface area (TPSA) is 87.7 Å². The fourth-order valence-corrected chi connectivity index (χ4v) is 3.59. The molecule has 0 aliphatic carbocycles. The van der Waals surface area contributed by atoms with E-state index in [1.165, 1.54) is 0 Å². The number of hydrogen-bond donors (Lipinski definition) is 2. The van der Waals surface area contributed by atoms with Crippen LogP contribution in [0.25, 0.3) is 0 Å². The Hall–Kier alpha value is -2.87. The van der Waals surface area contributed by atoms with Gasteiger partial charge >= 0.3 is 0 Å². The standard InChI is InChI=1S/C22H24BrN3O4/c1-14-3-8-19(30-2)18(11-14)26-13-15(12-21(26)28)22(29)24-10-9-20(27)25-17-6-4-16(23)5-7-17/h3-8,11,15H,9-10,12-13H2,1-2H3,(H,24,29)(H,25,27). The van der Waals surface area contributed by atoms with E-state index in [0.717, 1.165) is 10.0 Å². The number of halogens is 1. The van der Waals surface area contributed by atoms with E-state index in [1.54, 1.807) is 24.1 Å². The van der Waals surface area contributed by atoms with Crippen molar-refractivity contribution in [3.05, 3.63) is 52.5 Å². The highest BCUT2D eigenvalue weighted by molar-refractivity contribution is 9.10. The lowest BCUT2D eigenvalue weighted by Gasteiger charge is -2.20. The predicted molar refractivity (Wildman–Crippen MR) is 119 cm³/mol. The average Bonchev–Trinajstić information content (AvgIpc) is 3.11. The van der Waals surface area contributed by atoms with Gasteiger partial charge in [-0.3, -0.25) is 14.4 Å². The normalized spacial score (nSPS) is 15.8. The summed E-state index contributed by atoms with van der Waals surface area (Å²) in [7, 11) is 1.55. The SMILES string of the molecule is COc1ccc(C)cc1N1CC(C(=O)NCCC(=O)Nc2ccc(Br)cc2)CC1=O. The molecule has 0 saturated carbocycles. The number of anilines is 2. The van der Waals surface area contributed by atoms with Gasteiger partial charge in [0.1, 0.15) is 5.75 Å². The second-order valence-corrected chi connectivity index (χ2v) is 8.09. The van der Waals surface area contributed by atoms with Crippen LogP contribution >= 0.6 is 15.9 Å². The molecule has 1 fully saturated rings. The Morgan fingerprint density at radius 1 is 1.20 bits per heavy atom. The number of rotatable bonds is 7. The quantitative estimate of drug-likeness (QED) is 0.645. The molecule has 158 valence electrons. The zero-order valence-electron chi connectivity index (χ0n) is 16.9. The van der Waals surface area contributed by atoms with Gasteiger partial charge in [-0.05, 0) is 48.9 Å². The zero-order chi connectivity index (χ0) is 21.7. The number of hydrogen-bond acceptors (Lipinski definition) is 4. The van der Waals surface area contributed by atoms with Gasteiger partial charge in [0.15, 0.2) is 0 Å². The highest BCUT2D eigenvalue weighted by atomic mass is 79.9. The average molecular weight is 474 g/mol. The Morgan fingerprint density at radius 2 is 1.93 bits per heavy atom. The molecular formula is C22H24BrN3O4. The molecule has 1 aliphatic rings. The Bertz CT molecular complexity index is 946. The Labute approximate surface area is 183 Å². The van der Waals surface area contributed by atoms with Crippen LogP contribution in [-0.2, 0) is 14.4 Å². The maximum atomic E-state index is 12.5. The van der Waals surface area contributed by atoms with Crippen LogP contribution in [0.3, 0.4) is 0 Å². The molecule has 1 aliphatic heterocycles. The maximum Gasteiger partial charge on any atom is 0.227 e. The lowest BCUT2D eigenvalue weighted by molar-refractivity contribution is -0.126. The third-order valence-corrected chi connectivity index (χ3v) is 5.43. The van der Waals surface area contributed by atoms with Crippen LogP contribution in [0, 0.1) is 12.8 Å². The first-order valence-electron chi connectivity index (χ1n) is 9.65. The first kappa shape index (κ1) is 21.8. The van der Waals surface area contributed by atoms with Gasteiger partial charge in [0.05, 0.1) is 18.7 Å². The van der Waals surface area contributed by atoms with Crippen molar-refractivity contribution in [1.29, 1.82) is 0 Å².